The zero-order chi connectivity index (χ0) is 10.4. The van der Waals surface area contributed by atoms with Crippen LogP contribution in [0.25, 0.3) is 0 Å². The maximum Gasteiger partial charge on any atom is 0.101 e. The lowest BCUT2D eigenvalue weighted by Gasteiger charge is -2.10. The molecule has 14 heavy (non-hydrogen) atoms. The summed E-state index contributed by atoms with van der Waals surface area (Å²) in [4.78, 5) is 0. The monoisotopic (exact) mass is 190 g/mol. The molecule has 1 aromatic carbocycles. The summed E-state index contributed by atoms with van der Waals surface area (Å²) in [6.07, 6.45) is 0.694. The number of aryl methyl sites for hydroxylation is 1. The Kier molecular flexibility index (Phi) is 3.96. The van der Waals surface area contributed by atoms with Crippen molar-refractivity contribution in [3.63, 3.8) is 0 Å². The molecule has 0 saturated heterocycles. The second-order valence-corrected chi connectivity index (χ2v) is 3.11. The van der Waals surface area contributed by atoms with Gasteiger partial charge >= 0.3 is 0 Å². The first kappa shape index (κ1) is 10.6. The summed E-state index contributed by atoms with van der Waals surface area (Å²) in [5, 5.41) is 20.6. The quantitative estimate of drug-likeness (QED) is 0.710. The zero-order valence-corrected chi connectivity index (χ0v) is 8.25. The van der Waals surface area contributed by atoms with E-state index in [-0.39, 0.29) is 6.61 Å². The minimum absolute atomic E-state index is 0.167. The second-order valence-electron chi connectivity index (χ2n) is 3.11. The van der Waals surface area contributed by atoms with E-state index in [4.69, 9.17) is 10.4 Å². The number of aliphatic hydroxyl groups excluding tert-OH is 1. The lowest BCUT2D eigenvalue weighted by atomic mass is 10.1. The van der Waals surface area contributed by atoms with Crippen molar-refractivity contribution in [2.24, 2.45) is 0 Å². The molecule has 0 amide bonds. The van der Waals surface area contributed by atoms with E-state index in [1.165, 1.54) is 0 Å². The van der Waals surface area contributed by atoms with Crippen molar-refractivity contribution in [3.8, 4) is 6.07 Å². The smallest absolute Gasteiger partial charge is 0.101 e. The first-order chi connectivity index (χ1) is 6.79. The lowest BCUT2D eigenvalue weighted by Crippen LogP contribution is -2.06. The van der Waals surface area contributed by atoms with Gasteiger partial charge in [-0.2, -0.15) is 5.26 Å². The van der Waals surface area contributed by atoms with Crippen LogP contribution in [-0.2, 0) is 0 Å². The van der Waals surface area contributed by atoms with Gasteiger partial charge < -0.3 is 10.4 Å². The third kappa shape index (κ3) is 2.48. The molecule has 3 heteroatoms. The van der Waals surface area contributed by atoms with Crippen LogP contribution in [0.15, 0.2) is 18.2 Å². The third-order valence-corrected chi connectivity index (χ3v) is 2.03. The van der Waals surface area contributed by atoms with Crippen LogP contribution in [0.5, 0.6) is 0 Å². The van der Waals surface area contributed by atoms with Crippen LogP contribution >= 0.6 is 0 Å². The largest absolute Gasteiger partial charge is 0.396 e. The van der Waals surface area contributed by atoms with Crippen molar-refractivity contribution < 1.29 is 5.11 Å². The minimum atomic E-state index is 0.167. The van der Waals surface area contributed by atoms with Gasteiger partial charge in [0.25, 0.3) is 0 Å². The number of hydrogen-bond donors (Lipinski definition) is 2. The summed E-state index contributed by atoms with van der Waals surface area (Å²) in [6, 6.07) is 7.75. The molecule has 0 aromatic heterocycles. The van der Waals surface area contributed by atoms with E-state index in [1.807, 2.05) is 19.1 Å². The summed E-state index contributed by atoms with van der Waals surface area (Å²) >= 11 is 0. The first-order valence-corrected chi connectivity index (χ1v) is 4.64. The van der Waals surface area contributed by atoms with Gasteiger partial charge in [-0.25, -0.2) is 0 Å². The Balaban J connectivity index is 2.78. The number of aliphatic hydroxyl groups is 1. The Morgan fingerprint density at radius 2 is 2.29 bits per heavy atom. The van der Waals surface area contributed by atoms with Gasteiger partial charge in [0.1, 0.15) is 6.07 Å². The van der Waals surface area contributed by atoms with Gasteiger partial charge in [0.2, 0.25) is 0 Å². The van der Waals surface area contributed by atoms with E-state index in [0.29, 0.717) is 18.5 Å². The molecular formula is C11H14N2O. The van der Waals surface area contributed by atoms with Gasteiger partial charge in [0, 0.05) is 13.2 Å². The molecule has 0 aliphatic rings. The highest BCUT2D eigenvalue weighted by molar-refractivity contribution is 5.62. The van der Waals surface area contributed by atoms with Crippen molar-refractivity contribution in [2.75, 3.05) is 18.5 Å². The predicted octanol–water partition coefficient (Wildman–Crippen LogP) is 1.66. The van der Waals surface area contributed by atoms with Crippen molar-refractivity contribution in [3.05, 3.63) is 29.3 Å². The number of hydrogen-bond acceptors (Lipinski definition) is 3. The topological polar surface area (TPSA) is 56.0 Å². The van der Waals surface area contributed by atoms with Crippen LogP contribution in [0, 0.1) is 18.3 Å². The van der Waals surface area contributed by atoms with Gasteiger partial charge in [-0.05, 0) is 25.0 Å². The Hall–Kier alpha value is -1.53. The normalized spacial score (nSPS) is 9.50. The highest BCUT2D eigenvalue weighted by Gasteiger charge is 2.03. The van der Waals surface area contributed by atoms with Gasteiger partial charge in [0.15, 0.2) is 0 Å². The minimum Gasteiger partial charge on any atom is -0.396 e. The van der Waals surface area contributed by atoms with E-state index >= 15 is 0 Å². The molecule has 0 spiro atoms. The van der Waals surface area contributed by atoms with Crippen LogP contribution in [-0.4, -0.2) is 18.3 Å². The number of nitriles is 1. The molecule has 0 heterocycles. The molecule has 0 aliphatic heterocycles. The maximum atomic E-state index is 8.86. The zero-order valence-electron chi connectivity index (χ0n) is 8.25. The fraction of sp³-hybridized carbons (Fsp3) is 0.364. The summed E-state index contributed by atoms with van der Waals surface area (Å²) < 4.78 is 0. The van der Waals surface area contributed by atoms with Gasteiger partial charge in [-0.3, -0.25) is 0 Å². The van der Waals surface area contributed by atoms with Crippen molar-refractivity contribution >= 4 is 5.69 Å². The highest BCUT2D eigenvalue weighted by Crippen LogP contribution is 2.19. The molecule has 0 bridgehead atoms. The predicted molar refractivity (Wildman–Crippen MR) is 56.1 cm³/mol. The summed E-state index contributed by atoms with van der Waals surface area (Å²) in [6.45, 7) is 2.82. The van der Waals surface area contributed by atoms with E-state index in [2.05, 4.69) is 11.4 Å². The number of nitrogens with zero attached hydrogens (tertiary/aromatic N) is 1. The Morgan fingerprint density at radius 3 is 2.93 bits per heavy atom. The molecule has 0 aliphatic carbocycles. The number of anilines is 1. The molecule has 0 fully saturated rings. The number of benzene rings is 1. The number of rotatable bonds is 4. The van der Waals surface area contributed by atoms with Crippen molar-refractivity contribution in [1.29, 1.82) is 5.26 Å². The van der Waals surface area contributed by atoms with Gasteiger partial charge in [-0.15, -0.1) is 0 Å². The van der Waals surface area contributed by atoms with E-state index < -0.39 is 0 Å². The lowest BCUT2D eigenvalue weighted by molar-refractivity contribution is 0.292. The summed E-state index contributed by atoms with van der Waals surface area (Å²) in [5.74, 6) is 0. The van der Waals surface area contributed by atoms with E-state index in [1.54, 1.807) is 6.07 Å². The summed E-state index contributed by atoms with van der Waals surface area (Å²) in [5.41, 5.74) is 2.59. The van der Waals surface area contributed by atoms with Gasteiger partial charge in [0.05, 0.1) is 11.3 Å². The first-order valence-electron chi connectivity index (χ1n) is 4.64. The van der Waals surface area contributed by atoms with E-state index in [9.17, 15) is 0 Å². The standard InChI is InChI=1S/C11H14N2O/c1-9-4-2-5-10(8-12)11(9)13-6-3-7-14/h2,4-5,13-14H,3,6-7H2,1H3. The van der Waals surface area contributed by atoms with Crippen LogP contribution < -0.4 is 5.32 Å². The van der Waals surface area contributed by atoms with Crippen LogP contribution in [0.3, 0.4) is 0 Å². The number of para-hydroxylation sites is 1. The van der Waals surface area contributed by atoms with Crippen LogP contribution in [0.1, 0.15) is 17.5 Å². The van der Waals surface area contributed by atoms with Crippen LogP contribution in [0.4, 0.5) is 5.69 Å². The van der Waals surface area contributed by atoms with Gasteiger partial charge in [-0.1, -0.05) is 12.1 Å². The third-order valence-electron chi connectivity index (χ3n) is 2.03. The SMILES string of the molecule is Cc1cccc(C#N)c1NCCCO. The molecule has 0 saturated carbocycles. The van der Waals surface area contributed by atoms with Crippen molar-refractivity contribution in [2.45, 2.75) is 13.3 Å². The molecule has 1 aromatic rings. The van der Waals surface area contributed by atoms with Crippen LogP contribution in [0.2, 0.25) is 0 Å². The van der Waals surface area contributed by atoms with Crippen molar-refractivity contribution in [1.82, 2.24) is 0 Å². The average Bonchev–Trinajstić information content (AvgIpc) is 2.20. The molecule has 2 N–H and O–H groups in total. The second kappa shape index (κ2) is 5.25. The highest BCUT2D eigenvalue weighted by atomic mass is 16.3. The Morgan fingerprint density at radius 1 is 1.50 bits per heavy atom. The maximum absolute atomic E-state index is 8.86. The Labute approximate surface area is 84.0 Å². The fourth-order valence-corrected chi connectivity index (χ4v) is 1.29. The molecule has 0 radical (unpaired) electrons. The molecular weight excluding hydrogens is 176 g/mol. The fourth-order valence-electron chi connectivity index (χ4n) is 1.29. The molecule has 0 unspecified atom stereocenters. The molecule has 74 valence electrons. The number of nitrogens with one attached hydrogen (secondary N) is 1. The summed E-state index contributed by atoms with van der Waals surface area (Å²) in [7, 11) is 0. The molecule has 0 atom stereocenters. The molecule has 1 rings (SSSR count). The average molecular weight is 190 g/mol. The van der Waals surface area contributed by atoms with E-state index in [0.717, 1.165) is 11.3 Å². The molecule has 3 nitrogen and oxygen atoms in total. The Bertz CT molecular complexity index is 342.